The number of hydrogen-bond donors (Lipinski definition) is 2. The molecule has 4 nitrogen and oxygen atoms in total. The summed E-state index contributed by atoms with van der Waals surface area (Å²) in [6, 6.07) is 10.7. The Morgan fingerprint density at radius 2 is 1.63 bits per heavy atom. The molecule has 2 N–H and O–H groups in total. The van der Waals surface area contributed by atoms with Crippen LogP contribution >= 0.6 is 0 Å². The van der Waals surface area contributed by atoms with Crippen LogP contribution in [0.1, 0.15) is 0 Å². The number of halogens is 2. The first-order chi connectivity index (χ1) is 8.99. The Bertz CT molecular complexity index is 675. The fourth-order valence-corrected chi connectivity index (χ4v) is 2.32. The lowest BCUT2D eigenvalue weighted by atomic mass is 10.3. The van der Waals surface area contributed by atoms with Crippen LogP contribution in [0.25, 0.3) is 0 Å². The smallest absolute Gasteiger partial charge is 0.260 e. The molecule has 0 aliphatic carbocycles. The molecule has 0 unspecified atom stereocenters. The molecule has 0 aliphatic rings. The van der Waals surface area contributed by atoms with Crippen LogP contribution in [0.4, 0.5) is 14.5 Å². The van der Waals surface area contributed by atoms with E-state index in [0.717, 1.165) is 12.1 Å². The SMILES string of the molecule is O=S(=O)(NNc1ccccc1)c1ccc(F)cc1F. The lowest BCUT2D eigenvalue weighted by Gasteiger charge is -2.09. The highest BCUT2D eigenvalue weighted by Crippen LogP contribution is 2.15. The Kier molecular flexibility index (Phi) is 3.77. The fourth-order valence-electron chi connectivity index (χ4n) is 1.40. The third-order valence-electron chi connectivity index (χ3n) is 2.29. The summed E-state index contributed by atoms with van der Waals surface area (Å²) in [4.78, 5) is 1.38. The summed E-state index contributed by atoms with van der Waals surface area (Å²) in [5.41, 5.74) is 2.92. The van der Waals surface area contributed by atoms with Gasteiger partial charge in [-0.1, -0.05) is 18.2 Å². The molecule has 0 aromatic heterocycles. The first-order valence-corrected chi connectivity index (χ1v) is 6.75. The van der Waals surface area contributed by atoms with Crippen molar-refractivity contribution in [1.82, 2.24) is 4.83 Å². The van der Waals surface area contributed by atoms with Gasteiger partial charge in [0.15, 0.2) is 0 Å². The van der Waals surface area contributed by atoms with Crippen molar-refractivity contribution in [2.24, 2.45) is 0 Å². The summed E-state index contributed by atoms with van der Waals surface area (Å²) < 4.78 is 49.7. The lowest BCUT2D eigenvalue weighted by molar-refractivity contribution is 0.545. The van der Waals surface area contributed by atoms with Crippen LogP contribution in [0.15, 0.2) is 53.4 Å². The lowest BCUT2D eigenvalue weighted by Crippen LogP contribution is -2.30. The van der Waals surface area contributed by atoms with Gasteiger partial charge in [0.05, 0.1) is 0 Å². The molecule has 2 rings (SSSR count). The standard InChI is InChI=1S/C12H10F2N2O2S/c13-9-6-7-12(11(14)8-9)19(17,18)16-15-10-4-2-1-3-5-10/h1-8,15-16H. The zero-order valence-electron chi connectivity index (χ0n) is 9.60. The van der Waals surface area contributed by atoms with Crippen molar-refractivity contribution in [2.45, 2.75) is 4.90 Å². The van der Waals surface area contributed by atoms with E-state index in [1.807, 2.05) is 4.83 Å². The van der Waals surface area contributed by atoms with Gasteiger partial charge in [0, 0.05) is 11.8 Å². The number of rotatable bonds is 4. The summed E-state index contributed by atoms with van der Waals surface area (Å²) in [6.45, 7) is 0. The molecule has 0 aliphatic heterocycles. The number of hydrazine groups is 1. The molecule has 2 aromatic rings. The van der Waals surface area contributed by atoms with Crippen molar-refractivity contribution in [1.29, 1.82) is 0 Å². The van der Waals surface area contributed by atoms with Gasteiger partial charge in [0.25, 0.3) is 10.0 Å². The zero-order chi connectivity index (χ0) is 13.9. The monoisotopic (exact) mass is 284 g/mol. The van der Waals surface area contributed by atoms with E-state index >= 15 is 0 Å². The number of para-hydroxylation sites is 1. The highest BCUT2D eigenvalue weighted by molar-refractivity contribution is 7.89. The molecule has 0 amide bonds. The van der Waals surface area contributed by atoms with Crippen LogP contribution in [0.2, 0.25) is 0 Å². The van der Waals surface area contributed by atoms with Crippen molar-refractivity contribution in [3.63, 3.8) is 0 Å². The number of hydrogen-bond acceptors (Lipinski definition) is 3. The summed E-state index contributed by atoms with van der Waals surface area (Å²) in [5.74, 6) is -1.99. The maximum atomic E-state index is 13.4. The Morgan fingerprint density at radius 1 is 0.947 bits per heavy atom. The topological polar surface area (TPSA) is 58.2 Å². The Balaban J connectivity index is 2.19. The van der Waals surface area contributed by atoms with Crippen LogP contribution in [-0.4, -0.2) is 8.42 Å². The molecule has 0 saturated heterocycles. The first-order valence-electron chi connectivity index (χ1n) is 5.27. The normalized spacial score (nSPS) is 11.3. The fraction of sp³-hybridized carbons (Fsp3) is 0. The van der Waals surface area contributed by atoms with Gasteiger partial charge in [-0.05, 0) is 24.3 Å². The van der Waals surface area contributed by atoms with Crippen LogP contribution in [-0.2, 0) is 10.0 Å². The van der Waals surface area contributed by atoms with Crippen molar-refractivity contribution in [2.75, 3.05) is 5.43 Å². The summed E-state index contributed by atoms with van der Waals surface area (Å²) in [6.07, 6.45) is 0. The number of sulfonamides is 1. The minimum atomic E-state index is -4.11. The minimum absolute atomic E-state index is 0.494. The second-order valence-corrected chi connectivity index (χ2v) is 5.32. The number of benzene rings is 2. The Hall–Kier alpha value is -1.99. The Morgan fingerprint density at radius 3 is 2.26 bits per heavy atom. The van der Waals surface area contributed by atoms with Crippen LogP contribution in [0, 0.1) is 11.6 Å². The largest absolute Gasteiger partial charge is 0.308 e. The second-order valence-electron chi connectivity index (χ2n) is 3.67. The zero-order valence-corrected chi connectivity index (χ0v) is 10.4. The van der Waals surface area contributed by atoms with E-state index in [2.05, 4.69) is 5.43 Å². The summed E-state index contributed by atoms with van der Waals surface area (Å²) >= 11 is 0. The molecule has 100 valence electrons. The average Bonchev–Trinajstić information content (AvgIpc) is 2.37. The molecule has 0 radical (unpaired) electrons. The van der Waals surface area contributed by atoms with E-state index in [1.54, 1.807) is 30.3 Å². The quantitative estimate of drug-likeness (QED) is 0.847. The summed E-state index contributed by atoms with van der Waals surface area (Å²) in [7, 11) is -4.11. The predicted octanol–water partition coefficient (Wildman–Crippen LogP) is 2.27. The molecule has 2 aromatic carbocycles. The van der Waals surface area contributed by atoms with E-state index in [-0.39, 0.29) is 0 Å². The van der Waals surface area contributed by atoms with Crippen LogP contribution in [0.5, 0.6) is 0 Å². The van der Waals surface area contributed by atoms with Gasteiger partial charge in [-0.15, -0.1) is 4.83 Å². The highest BCUT2D eigenvalue weighted by Gasteiger charge is 2.19. The molecular formula is C12H10F2N2O2S. The van der Waals surface area contributed by atoms with Crippen molar-refractivity contribution >= 4 is 15.7 Å². The molecule has 19 heavy (non-hydrogen) atoms. The minimum Gasteiger partial charge on any atom is -0.308 e. The van der Waals surface area contributed by atoms with Crippen molar-refractivity contribution in [3.8, 4) is 0 Å². The van der Waals surface area contributed by atoms with Gasteiger partial charge in [-0.3, -0.25) is 0 Å². The average molecular weight is 284 g/mol. The van der Waals surface area contributed by atoms with Crippen molar-refractivity contribution in [3.05, 3.63) is 60.2 Å². The van der Waals surface area contributed by atoms with Gasteiger partial charge >= 0.3 is 0 Å². The highest BCUT2D eigenvalue weighted by atomic mass is 32.2. The van der Waals surface area contributed by atoms with E-state index in [4.69, 9.17) is 0 Å². The van der Waals surface area contributed by atoms with Gasteiger partial charge in [0.2, 0.25) is 0 Å². The van der Waals surface area contributed by atoms with Gasteiger partial charge in [-0.2, -0.15) is 0 Å². The Labute approximate surface area is 109 Å². The van der Waals surface area contributed by atoms with E-state index in [9.17, 15) is 17.2 Å². The number of nitrogens with one attached hydrogen (secondary N) is 2. The molecule has 0 fully saturated rings. The summed E-state index contributed by atoms with van der Waals surface area (Å²) in [5, 5.41) is 0. The van der Waals surface area contributed by atoms with Crippen LogP contribution < -0.4 is 10.3 Å². The molecule has 0 spiro atoms. The van der Waals surface area contributed by atoms with Crippen molar-refractivity contribution < 1.29 is 17.2 Å². The van der Waals surface area contributed by atoms with Gasteiger partial charge in [-0.25, -0.2) is 17.2 Å². The third-order valence-corrected chi connectivity index (χ3v) is 3.57. The first kappa shape index (κ1) is 13.4. The maximum absolute atomic E-state index is 13.4. The third kappa shape index (κ3) is 3.27. The van der Waals surface area contributed by atoms with E-state index in [1.165, 1.54) is 0 Å². The maximum Gasteiger partial charge on any atom is 0.260 e. The predicted molar refractivity (Wildman–Crippen MR) is 66.7 cm³/mol. The van der Waals surface area contributed by atoms with Crippen LogP contribution in [0.3, 0.4) is 0 Å². The number of anilines is 1. The van der Waals surface area contributed by atoms with E-state index < -0.39 is 26.6 Å². The molecule has 0 bridgehead atoms. The molecule has 0 atom stereocenters. The molecule has 7 heteroatoms. The molecule has 0 saturated carbocycles. The molecule has 0 heterocycles. The van der Waals surface area contributed by atoms with Gasteiger partial charge < -0.3 is 5.43 Å². The molecular weight excluding hydrogens is 274 g/mol. The van der Waals surface area contributed by atoms with E-state index in [0.29, 0.717) is 11.8 Å². The van der Waals surface area contributed by atoms with Gasteiger partial charge in [0.1, 0.15) is 16.5 Å². The second kappa shape index (κ2) is 5.33.